The summed E-state index contributed by atoms with van der Waals surface area (Å²) in [5, 5.41) is 7.70. The summed E-state index contributed by atoms with van der Waals surface area (Å²) in [4.78, 5) is 0. The average Bonchev–Trinajstić information content (AvgIpc) is 2.76. The zero-order valence-electron chi connectivity index (χ0n) is 11.1. The highest BCUT2D eigenvalue weighted by Crippen LogP contribution is 1.98. The number of aryl methyl sites for hydroxylation is 1. The van der Waals surface area contributed by atoms with Crippen LogP contribution in [-0.2, 0) is 17.8 Å². The Morgan fingerprint density at radius 2 is 2.18 bits per heavy atom. The van der Waals surface area contributed by atoms with Gasteiger partial charge in [0, 0.05) is 38.1 Å². The molecule has 1 heterocycles. The van der Waals surface area contributed by atoms with Crippen LogP contribution in [0.2, 0.25) is 0 Å². The summed E-state index contributed by atoms with van der Waals surface area (Å²) in [6.45, 7) is 8.94. The first kappa shape index (κ1) is 14.2. The van der Waals surface area contributed by atoms with Crippen molar-refractivity contribution in [3.63, 3.8) is 0 Å². The highest BCUT2D eigenvalue weighted by Gasteiger charge is 1.97. The van der Waals surface area contributed by atoms with Crippen LogP contribution in [0.25, 0.3) is 0 Å². The third-order valence-electron chi connectivity index (χ3n) is 2.46. The van der Waals surface area contributed by atoms with Crippen LogP contribution in [0.5, 0.6) is 0 Å². The van der Waals surface area contributed by atoms with Gasteiger partial charge in [-0.2, -0.15) is 5.10 Å². The van der Waals surface area contributed by atoms with E-state index in [-0.39, 0.29) is 0 Å². The molecule has 4 nitrogen and oxygen atoms in total. The minimum Gasteiger partial charge on any atom is -0.381 e. The van der Waals surface area contributed by atoms with Gasteiger partial charge in [0.05, 0.1) is 6.20 Å². The summed E-state index contributed by atoms with van der Waals surface area (Å²) in [5.74, 6) is 0. The van der Waals surface area contributed by atoms with Gasteiger partial charge < -0.3 is 10.1 Å². The average molecular weight is 239 g/mol. The Balaban J connectivity index is 2.01. The first-order valence-electron chi connectivity index (χ1n) is 6.66. The van der Waals surface area contributed by atoms with E-state index in [1.165, 1.54) is 5.56 Å². The van der Waals surface area contributed by atoms with Gasteiger partial charge in [-0.25, -0.2) is 0 Å². The van der Waals surface area contributed by atoms with Crippen molar-refractivity contribution in [2.24, 2.45) is 0 Å². The normalized spacial score (nSPS) is 10.9. The molecule has 0 spiro atoms. The Morgan fingerprint density at radius 1 is 1.29 bits per heavy atom. The number of hydrogen-bond acceptors (Lipinski definition) is 3. The molecule has 0 aliphatic rings. The number of hydrogen-bond donors (Lipinski definition) is 1. The SMILES string of the molecule is CCCOCCCNCc1cnn(CCC)c1. The Labute approximate surface area is 104 Å². The van der Waals surface area contributed by atoms with E-state index in [9.17, 15) is 0 Å². The summed E-state index contributed by atoms with van der Waals surface area (Å²) in [5.41, 5.74) is 1.26. The predicted octanol–water partition coefficient (Wildman–Crippen LogP) is 2.20. The second-order valence-corrected chi connectivity index (χ2v) is 4.25. The van der Waals surface area contributed by atoms with E-state index in [4.69, 9.17) is 4.74 Å². The smallest absolute Gasteiger partial charge is 0.0534 e. The zero-order valence-corrected chi connectivity index (χ0v) is 11.1. The standard InChI is InChI=1S/C13H25N3O/c1-3-7-16-12-13(11-15-16)10-14-6-5-9-17-8-4-2/h11-12,14H,3-10H2,1-2H3. The van der Waals surface area contributed by atoms with Crippen molar-refractivity contribution >= 4 is 0 Å². The number of nitrogens with one attached hydrogen (secondary N) is 1. The van der Waals surface area contributed by atoms with E-state index in [2.05, 4.69) is 30.5 Å². The van der Waals surface area contributed by atoms with E-state index < -0.39 is 0 Å². The van der Waals surface area contributed by atoms with Crippen LogP contribution in [-0.4, -0.2) is 29.5 Å². The molecule has 0 atom stereocenters. The van der Waals surface area contributed by atoms with Gasteiger partial charge in [-0.1, -0.05) is 13.8 Å². The summed E-state index contributed by atoms with van der Waals surface area (Å²) in [7, 11) is 0. The predicted molar refractivity (Wildman–Crippen MR) is 70.0 cm³/mol. The van der Waals surface area contributed by atoms with Gasteiger partial charge in [0.2, 0.25) is 0 Å². The van der Waals surface area contributed by atoms with Gasteiger partial charge in [-0.05, 0) is 25.8 Å². The van der Waals surface area contributed by atoms with Crippen molar-refractivity contribution < 1.29 is 4.74 Å². The van der Waals surface area contributed by atoms with Crippen LogP contribution < -0.4 is 5.32 Å². The highest BCUT2D eigenvalue weighted by molar-refractivity contribution is 5.03. The summed E-state index contributed by atoms with van der Waals surface area (Å²) in [6, 6.07) is 0. The molecule has 0 aromatic carbocycles. The number of rotatable bonds is 10. The molecule has 98 valence electrons. The molecule has 0 radical (unpaired) electrons. The maximum atomic E-state index is 5.41. The lowest BCUT2D eigenvalue weighted by Crippen LogP contribution is -2.16. The third-order valence-corrected chi connectivity index (χ3v) is 2.46. The summed E-state index contributed by atoms with van der Waals surface area (Å²) >= 11 is 0. The van der Waals surface area contributed by atoms with Gasteiger partial charge in [0.15, 0.2) is 0 Å². The van der Waals surface area contributed by atoms with Crippen molar-refractivity contribution in [2.75, 3.05) is 19.8 Å². The lowest BCUT2D eigenvalue weighted by Gasteiger charge is -2.03. The molecule has 1 aromatic heterocycles. The lowest BCUT2D eigenvalue weighted by atomic mass is 10.3. The maximum absolute atomic E-state index is 5.41. The van der Waals surface area contributed by atoms with Crippen molar-refractivity contribution in [2.45, 2.75) is 46.2 Å². The number of aromatic nitrogens is 2. The molecular formula is C13H25N3O. The first-order valence-corrected chi connectivity index (χ1v) is 6.66. The van der Waals surface area contributed by atoms with Crippen molar-refractivity contribution in [1.82, 2.24) is 15.1 Å². The molecule has 4 heteroatoms. The van der Waals surface area contributed by atoms with Crippen molar-refractivity contribution in [1.29, 1.82) is 0 Å². The van der Waals surface area contributed by atoms with Crippen LogP contribution in [0.1, 0.15) is 38.7 Å². The quantitative estimate of drug-likeness (QED) is 0.636. The molecule has 0 amide bonds. The number of nitrogens with zero attached hydrogens (tertiary/aromatic N) is 2. The minimum atomic E-state index is 0.857. The maximum Gasteiger partial charge on any atom is 0.0534 e. The largest absolute Gasteiger partial charge is 0.381 e. The molecule has 0 saturated carbocycles. The minimum absolute atomic E-state index is 0.857. The fraction of sp³-hybridized carbons (Fsp3) is 0.769. The lowest BCUT2D eigenvalue weighted by molar-refractivity contribution is 0.132. The van der Waals surface area contributed by atoms with Crippen LogP contribution in [0.3, 0.4) is 0 Å². The third kappa shape index (κ3) is 6.44. The van der Waals surface area contributed by atoms with E-state index in [1.54, 1.807) is 0 Å². The summed E-state index contributed by atoms with van der Waals surface area (Å²) < 4.78 is 7.42. The first-order chi connectivity index (χ1) is 8.36. The van der Waals surface area contributed by atoms with Gasteiger partial charge >= 0.3 is 0 Å². The fourth-order valence-electron chi connectivity index (χ4n) is 1.63. The Morgan fingerprint density at radius 3 is 2.94 bits per heavy atom. The van der Waals surface area contributed by atoms with Crippen LogP contribution >= 0.6 is 0 Å². The fourth-order valence-corrected chi connectivity index (χ4v) is 1.63. The second kappa shape index (κ2) is 9.19. The number of ether oxygens (including phenoxy) is 1. The van der Waals surface area contributed by atoms with Crippen LogP contribution in [0.4, 0.5) is 0 Å². The zero-order chi connectivity index (χ0) is 12.3. The molecule has 1 N–H and O–H groups in total. The molecular weight excluding hydrogens is 214 g/mol. The Bertz CT molecular complexity index is 286. The van der Waals surface area contributed by atoms with Gasteiger partial charge in [0.1, 0.15) is 0 Å². The van der Waals surface area contributed by atoms with Gasteiger partial charge in [-0.3, -0.25) is 4.68 Å². The Kier molecular flexibility index (Phi) is 7.67. The molecule has 0 aliphatic heterocycles. The van der Waals surface area contributed by atoms with Crippen LogP contribution in [0.15, 0.2) is 12.4 Å². The van der Waals surface area contributed by atoms with Gasteiger partial charge in [-0.15, -0.1) is 0 Å². The highest BCUT2D eigenvalue weighted by atomic mass is 16.5. The Hall–Kier alpha value is -0.870. The van der Waals surface area contributed by atoms with E-state index in [1.807, 2.05) is 10.9 Å². The van der Waals surface area contributed by atoms with Crippen molar-refractivity contribution in [3.8, 4) is 0 Å². The molecule has 0 bridgehead atoms. The van der Waals surface area contributed by atoms with E-state index in [0.29, 0.717) is 0 Å². The van der Waals surface area contributed by atoms with Crippen molar-refractivity contribution in [3.05, 3.63) is 18.0 Å². The molecule has 1 rings (SSSR count). The second-order valence-electron chi connectivity index (χ2n) is 4.25. The van der Waals surface area contributed by atoms with E-state index in [0.717, 1.165) is 52.1 Å². The monoisotopic (exact) mass is 239 g/mol. The molecule has 0 aliphatic carbocycles. The molecule has 1 aromatic rings. The molecule has 0 fully saturated rings. The topological polar surface area (TPSA) is 39.1 Å². The molecule has 17 heavy (non-hydrogen) atoms. The van der Waals surface area contributed by atoms with Crippen LogP contribution in [0, 0.1) is 0 Å². The molecule has 0 unspecified atom stereocenters. The molecule has 0 saturated heterocycles. The van der Waals surface area contributed by atoms with Gasteiger partial charge in [0.25, 0.3) is 0 Å². The van der Waals surface area contributed by atoms with E-state index >= 15 is 0 Å². The summed E-state index contributed by atoms with van der Waals surface area (Å²) in [6.07, 6.45) is 7.36.